The Kier molecular flexibility index (Phi) is 4.93. The molecule has 18 heavy (non-hydrogen) atoms. The molecule has 100 valence electrons. The first-order valence-electron chi connectivity index (χ1n) is 5.71. The lowest BCUT2D eigenvalue weighted by Gasteiger charge is -2.29. The molecule has 0 aromatic carbocycles. The summed E-state index contributed by atoms with van der Waals surface area (Å²) in [7, 11) is 0. The van der Waals surface area contributed by atoms with Crippen molar-refractivity contribution in [3.63, 3.8) is 0 Å². The maximum Gasteiger partial charge on any atom is 0.356 e. The highest BCUT2D eigenvalue weighted by Crippen LogP contribution is 2.23. The Labute approximate surface area is 111 Å². The first-order valence-corrected chi connectivity index (χ1v) is 6.08. The van der Waals surface area contributed by atoms with Crippen LogP contribution in [0.2, 0.25) is 5.02 Å². The summed E-state index contributed by atoms with van der Waals surface area (Å²) in [6.45, 7) is 3.98. The van der Waals surface area contributed by atoms with E-state index >= 15 is 0 Å². The summed E-state index contributed by atoms with van der Waals surface area (Å²) in [5, 5.41) is 21.2. The van der Waals surface area contributed by atoms with E-state index in [0.29, 0.717) is 12.2 Å². The number of carboxylic acids is 1. The van der Waals surface area contributed by atoms with Crippen molar-refractivity contribution in [1.82, 2.24) is 4.98 Å². The van der Waals surface area contributed by atoms with E-state index in [2.05, 4.69) is 10.3 Å². The smallest absolute Gasteiger partial charge is 0.356 e. The van der Waals surface area contributed by atoms with E-state index in [0.717, 1.165) is 6.42 Å². The molecule has 1 aromatic heterocycles. The minimum absolute atomic E-state index is 0.0523. The quantitative estimate of drug-likeness (QED) is 0.741. The molecule has 1 atom stereocenters. The molecule has 0 fully saturated rings. The van der Waals surface area contributed by atoms with Crippen molar-refractivity contribution < 1.29 is 15.0 Å². The first kappa shape index (κ1) is 14.7. The number of rotatable bonds is 6. The molecule has 0 aliphatic heterocycles. The fourth-order valence-corrected chi connectivity index (χ4v) is 1.73. The zero-order chi connectivity index (χ0) is 13.8. The van der Waals surface area contributed by atoms with Gasteiger partial charge in [-0.1, -0.05) is 18.5 Å². The van der Waals surface area contributed by atoms with E-state index in [-0.39, 0.29) is 22.9 Å². The van der Waals surface area contributed by atoms with E-state index in [1.54, 1.807) is 6.07 Å². The van der Waals surface area contributed by atoms with Gasteiger partial charge in [-0.15, -0.1) is 0 Å². The predicted octanol–water partition coefficient (Wildman–Crippen LogP) is 2.40. The number of hydrogen-bond acceptors (Lipinski definition) is 4. The molecule has 0 aliphatic rings. The third-order valence-corrected chi connectivity index (χ3v) is 3.23. The summed E-state index contributed by atoms with van der Waals surface area (Å²) in [6.07, 6.45) is 1.33. The van der Waals surface area contributed by atoms with Crippen molar-refractivity contribution in [1.29, 1.82) is 0 Å². The molecule has 0 radical (unpaired) electrons. The molecule has 6 heteroatoms. The number of aromatic carboxylic acids is 1. The summed E-state index contributed by atoms with van der Waals surface area (Å²) in [5.41, 5.74) is -0.505. The van der Waals surface area contributed by atoms with Gasteiger partial charge in [-0.25, -0.2) is 9.78 Å². The molecule has 1 heterocycles. The number of anilines is 1. The number of hydrogen-bond donors (Lipinski definition) is 3. The molecule has 0 bridgehead atoms. The van der Waals surface area contributed by atoms with Gasteiger partial charge in [0, 0.05) is 12.1 Å². The highest BCUT2D eigenvalue weighted by molar-refractivity contribution is 6.33. The molecule has 1 aromatic rings. The van der Waals surface area contributed by atoms with Gasteiger partial charge in [-0.3, -0.25) is 0 Å². The standard InChI is InChI=1S/C12H17ClN2O3/c1-3-12(2,6-7-16)15-9-5-4-8(13)10(14-9)11(17)18/h4-5,16H,3,6-7H2,1-2H3,(H,14,15)(H,17,18). The van der Waals surface area contributed by atoms with Crippen molar-refractivity contribution in [3.8, 4) is 0 Å². The summed E-state index contributed by atoms with van der Waals surface area (Å²) in [5.74, 6) is -0.724. The van der Waals surface area contributed by atoms with Gasteiger partial charge in [0.25, 0.3) is 0 Å². The third kappa shape index (κ3) is 3.58. The first-order chi connectivity index (χ1) is 8.41. The fraction of sp³-hybridized carbons (Fsp3) is 0.500. The lowest BCUT2D eigenvalue weighted by Crippen LogP contribution is -2.35. The van der Waals surface area contributed by atoms with Crippen LogP contribution in [0.3, 0.4) is 0 Å². The van der Waals surface area contributed by atoms with Gasteiger partial charge in [0.1, 0.15) is 5.82 Å². The maximum absolute atomic E-state index is 10.9. The van der Waals surface area contributed by atoms with Crippen LogP contribution in [-0.4, -0.2) is 33.3 Å². The Morgan fingerprint density at radius 2 is 2.22 bits per heavy atom. The number of carbonyl (C=O) groups is 1. The number of aliphatic hydroxyl groups is 1. The van der Waals surface area contributed by atoms with Crippen molar-refractivity contribution in [2.75, 3.05) is 11.9 Å². The van der Waals surface area contributed by atoms with Crippen LogP contribution in [0.25, 0.3) is 0 Å². The predicted molar refractivity (Wildman–Crippen MR) is 70.2 cm³/mol. The number of aliphatic hydroxyl groups excluding tert-OH is 1. The summed E-state index contributed by atoms with van der Waals surface area (Å²) < 4.78 is 0. The highest BCUT2D eigenvalue weighted by atomic mass is 35.5. The van der Waals surface area contributed by atoms with Crippen LogP contribution in [0.4, 0.5) is 5.82 Å². The normalized spacial score (nSPS) is 14.0. The molecule has 1 rings (SSSR count). The Balaban J connectivity index is 2.97. The van der Waals surface area contributed by atoms with Crippen LogP contribution in [0.15, 0.2) is 12.1 Å². The lowest BCUT2D eigenvalue weighted by atomic mass is 9.95. The Morgan fingerprint density at radius 1 is 1.56 bits per heavy atom. The second-order valence-electron chi connectivity index (χ2n) is 4.34. The fourth-order valence-electron chi connectivity index (χ4n) is 1.55. The van der Waals surface area contributed by atoms with Gasteiger partial charge in [-0.05, 0) is 31.9 Å². The van der Waals surface area contributed by atoms with Gasteiger partial charge in [0.05, 0.1) is 5.02 Å². The van der Waals surface area contributed by atoms with E-state index in [4.69, 9.17) is 21.8 Å². The van der Waals surface area contributed by atoms with Crippen LogP contribution < -0.4 is 5.32 Å². The molecule has 0 amide bonds. The maximum atomic E-state index is 10.9. The van der Waals surface area contributed by atoms with Crippen LogP contribution in [0.5, 0.6) is 0 Å². The lowest BCUT2D eigenvalue weighted by molar-refractivity contribution is 0.0690. The Morgan fingerprint density at radius 3 is 2.72 bits per heavy atom. The molecular weight excluding hydrogens is 256 g/mol. The van der Waals surface area contributed by atoms with Crippen molar-refractivity contribution in [3.05, 3.63) is 22.8 Å². The van der Waals surface area contributed by atoms with Crippen LogP contribution >= 0.6 is 11.6 Å². The van der Waals surface area contributed by atoms with Crippen molar-refractivity contribution in [2.24, 2.45) is 0 Å². The molecule has 0 saturated heterocycles. The van der Waals surface area contributed by atoms with Gasteiger partial charge in [0.15, 0.2) is 5.69 Å². The molecule has 0 spiro atoms. The SMILES string of the molecule is CCC(C)(CCO)Nc1ccc(Cl)c(C(=O)O)n1. The number of nitrogens with one attached hydrogen (secondary N) is 1. The molecule has 1 unspecified atom stereocenters. The number of carboxylic acid groups (broad SMARTS) is 1. The number of nitrogens with zero attached hydrogens (tertiary/aromatic N) is 1. The van der Waals surface area contributed by atoms with E-state index in [1.807, 2.05) is 13.8 Å². The monoisotopic (exact) mass is 272 g/mol. The van der Waals surface area contributed by atoms with Gasteiger partial charge < -0.3 is 15.5 Å². The zero-order valence-electron chi connectivity index (χ0n) is 10.4. The number of pyridine rings is 1. The average molecular weight is 273 g/mol. The van der Waals surface area contributed by atoms with Gasteiger partial charge >= 0.3 is 5.97 Å². The minimum atomic E-state index is -1.16. The largest absolute Gasteiger partial charge is 0.476 e. The topological polar surface area (TPSA) is 82.5 Å². The minimum Gasteiger partial charge on any atom is -0.476 e. The van der Waals surface area contributed by atoms with Gasteiger partial charge in [0.2, 0.25) is 0 Å². The third-order valence-electron chi connectivity index (χ3n) is 2.92. The second kappa shape index (κ2) is 6.02. The summed E-state index contributed by atoms with van der Waals surface area (Å²) in [6, 6.07) is 3.12. The Bertz CT molecular complexity index is 439. The van der Waals surface area contributed by atoms with Crippen LogP contribution in [0, 0.1) is 0 Å². The zero-order valence-corrected chi connectivity index (χ0v) is 11.2. The summed E-state index contributed by atoms with van der Waals surface area (Å²) in [4.78, 5) is 14.9. The molecule has 5 nitrogen and oxygen atoms in total. The van der Waals surface area contributed by atoms with Crippen molar-refractivity contribution >= 4 is 23.4 Å². The molecular formula is C12H17ClN2O3. The number of aromatic nitrogens is 1. The molecule has 0 aliphatic carbocycles. The van der Waals surface area contributed by atoms with Crippen molar-refractivity contribution in [2.45, 2.75) is 32.2 Å². The van der Waals surface area contributed by atoms with Crippen LogP contribution in [0.1, 0.15) is 37.2 Å². The number of halogens is 1. The van der Waals surface area contributed by atoms with Crippen LogP contribution in [-0.2, 0) is 0 Å². The summed E-state index contributed by atoms with van der Waals surface area (Å²) >= 11 is 5.75. The van der Waals surface area contributed by atoms with E-state index in [9.17, 15) is 4.79 Å². The van der Waals surface area contributed by atoms with Gasteiger partial charge in [-0.2, -0.15) is 0 Å². The average Bonchev–Trinajstić information content (AvgIpc) is 2.31. The Hall–Kier alpha value is -1.33. The van der Waals surface area contributed by atoms with E-state index < -0.39 is 5.97 Å². The molecule has 3 N–H and O–H groups in total. The highest BCUT2D eigenvalue weighted by Gasteiger charge is 2.22. The molecule has 0 saturated carbocycles. The second-order valence-corrected chi connectivity index (χ2v) is 4.75. The van der Waals surface area contributed by atoms with E-state index in [1.165, 1.54) is 6.07 Å².